The van der Waals surface area contributed by atoms with Gasteiger partial charge in [-0.2, -0.15) is 0 Å². The lowest BCUT2D eigenvalue weighted by Crippen LogP contribution is -2.03. The molecule has 2 rings (SSSR count). The lowest BCUT2D eigenvalue weighted by molar-refractivity contribution is 0.243. The van der Waals surface area contributed by atoms with Crippen LogP contribution in [0.25, 0.3) is 0 Å². The van der Waals surface area contributed by atoms with E-state index in [1.165, 1.54) is 24.7 Å². The van der Waals surface area contributed by atoms with Gasteiger partial charge >= 0.3 is 0 Å². The largest absolute Gasteiger partial charge is 0.469 e. The van der Waals surface area contributed by atoms with Crippen molar-refractivity contribution in [3.8, 4) is 0 Å². The molecule has 0 aliphatic heterocycles. The zero-order valence-electron chi connectivity index (χ0n) is 11.8. The molecule has 2 aromatic heterocycles. The van der Waals surface area contributed by atoms with E-state index in [0.717, 1.165) is 12.2 Å². The lowest BCUT2D eigenvalue weighted by Gasteiger charge is -1.93. The normalized spacial score (nSPS) is 9.80. The third-order valence-corrected chi connectivity index (χ3v) is 2.64. The van der Waals surface area contributed by atoms with Gasteiger partial charge in [0, 0.05) is 29.7 Å². The average molecular weight is 278 g/mol. The van der Waals surface area contributed by atoms with E-state index in [1.807, 2.05) is 6.92 Å². The van der Waals surface area contributed by atoms with Gasteiger partial charge in [-0.25, -0.2) is 0 Å². The minimum Gasteiger partial charge on any atom is -0.469 e. The molecule has 0 radical (unpaired) electrons. The van der Waals surface area contributed by atoms with Crippen LogP contribution in [0, 0.1) is 13.8 Å². The third-order valence-electron chi connectivity index (χ3n) is 2.64. The van der Waals surface area contributed by atoms with E-state index in [1.54, 1.807) is 13.8 Å². The van der Waals surface area contributed by atoms with Crippen LogP contribution in [0.1, 0.15) is 29.6 Å². The molecular weight excluding hydrogens is 260 g/mol. The van der Waals surface area contributed by atoms with E-state index in [-0.39, 0.29) is 17.5 Å². The minimum atomic E-state index is -0.227. The summed E-state index contributed by atoms with van der Waals surface area (Å²) < 4.78 is 9.93. The Morgan fingerprint density at radius 2 is 1.40 bits per heavy atom. The van der Waals surface area contributed by atoms with Gasteiger partial charge in [0.2, 0.25) is 0 Å². The van der Waals surface area contributed by atoms with Crippen LogP contribution in [-0.4, -0.2) is 5.11 Å². The second-order valence-electron chi connectivity index (χ2n) is 4.30. The Bertz CT molecular complexity index is 607. The average Bonchev–Trinajstić information content (AvgIpc) is 2.45. The fourth-order valence-electron chi connectivity index (χ4n) is 1.30. The van der Waals surface area contributed by atoms with Crippen molar-refractivity contribution in [2.45, 2.75) is 33.8 Å². The topological polar surface area (TPSA) is 80.7 Å². The van der Waals surface area contributed by atoms with Crippen LogP contribution < -0.4 is 10.9 Å². The van der Waals surface area contributed by atoms with Crippen LogP contribution in [0.2, 0.25) is 0 Å². The number of hydrogen-bond donors (Lipinski definition) is 1. The van der Waals surface area contributed by atoms with Gasteiger partial charge in [0.25, 0.3) is 0 Å². The smallest absolute Gasteiger partial charge is 0.188 e. The van der Waals surface area contributed by atoms with Crippen molar-refractivity contribution in [2.75, 3.05) is 0 Å². The predicted molar refractivity (Wildman–Crippen MR) is 74.7 cm³/mol. The van der Waals surface area contributed by atoms with Crippen molar-refractivity contribution in [3.05, 3.63) is 67.8 Å². The van der Waals surface area contributed by atoms with Crippen molar-refractivity contribution >= 4 is 0 Å². The molecule has 0 saturated carbocycles. The summed E-state index contributed by atoms with van der Waals surface area (Å²) >= 11 is 0. The molecule has 1 N–H and O–H groups in total. The van der Waals surface area contributed by atoms with Crippen LogP contribution in [-0.2, 0) is 13.0 Å². The molecule has 20 heavy (non-hydrogen) atoms. The maximum absolute atomic E-state index is 10.9. The monoisotopic (exact) mass is 278 g/mol. The number of aryl methyl sites for hydroxylation is 3. The molecule has 0 bridgehead atoms. The fraction of sp³-hybridized carbons (Fsp3) is 0.333. The molecule has 0 saturated heterocycles. The number of aliphatic hydroxyl groups excluding tert-OH is 1. The highest BCUT2D eigenvalue weighted by Gasteiger charge is 1.96. The second-order valence-corrected chi connectivity index (χ2v) is 4.30. The summed E-state index contributed by atoms with van der Waals surface area (Å²) in [6.45, 7) is 5.13. The van der Waals surface area contributed by atoms with Gasteiger partial charge in [0.05, 0.1) is 12.5 Å². The molecule has 5 nitrogen and oxygen atoms in total. The van der Waals surface area contributed by atoms with Crippen molar-refractivity contribution in [1.82, 2.24) is 0 Å². The van der Waals surface area contributed by atoms with Gasteiger partial charge in [0.15, 0.2) is 10.9 Å². The Morgan fingerprint density at radius 1 is 0.950 bits per heavy atom. The van der Waals surface area contributed by atoms with Gasteiger partial charge in [-0.1, -0.05) is 6.92 Å². The molecular formula is C15H18O5. The zero-order valence-corrected chi connectivity index (χ0v) is 11.8. The van der Waals surface area contributed by atoms with Crippen molar-refractivity contribution in [2.24, 2.45) is 0 Å². The fourth-order valence-corrected chi connectivity index (χ4v) is 1.30. The SMILES string of the molecule is CCc1cc(=O)c(C)co1.Cc1coc(CO)cc1=O. The van der Waals surface area contributed by atoms with Crippen molar-refractivity contribution < 1.29 is 13.9 Å². The predicted octanol–water partition coefficient (Wildman–Crippen LogP) is 1.95. The molecule has 5 heteroatoms. The highest BCUT2D eigenvalue weighted by molar-refractivity contribution is 5.09. The van der Waals surface area contributed by atoms with Gasteiger partial charge < -0.3 is 13.9 Å². The summed E-state index contributed by atoms with van der Waals surface area (Å²) in [7, 11) is 0. The Balaban J connectivity index is 0.000000200. The molecule has 108 valence electrons. The molecule has 0 aromatic carbocycles. The molecule has 0 spiro atoms. The quantitative estimate of drug-likeness (QED) is 0.908. The van der Waals surface area contributed by atoms with Gasteiger partial charge in [-0.15, -0.1) is 0 Å². The first-order chi connectivity index (χ1) is 9.47. The third kappa shape index (κ3) is 4.51. The van der Waals surface area contributed by atoms with Gasteiger partial charge in [-0.3, -0.25) is 9.59 Å². The maximum Gasteiger partial charge on any atom is 0.188 e. The molecule has 2 aromatic rings. The first-order valence-corrected chi connectivity index (χ1v) is 6.25. The highest BCUT2D eigenvalue weighted by Crippen LogP contribution is 1.97. The van der Waals surface area contributed by atoms with Crippen molar-refractivity contribution in [1.29, 1.82) is 0 Å². The van der Waals surface area contributed by atoms with E-state index in [2.05, 4.69) is 0 Å². The summed E-state index contributed by atoms with van der Waals surface area (Å²) in [5.41, 5.74) is 1.17. The van der Waals surface area contributed by atoms with Crippen LogP contribution in [0.3, 0.4) is 0 Å². The van der Waals surface area contributed by atoms with Crippen LogP contribution >= 0.6 is 0 Å². The Kier molecular flexibility index (Phi) is 5.93. The van der Waals surface area contributed by atoms with E-state index >= 15 is 0 Å². The first-order valence-electron chi connectivity index (χ1n) is 6.25. The molecule has 0 aliphatic carbocycles. The summed E-state index contributed by atoms with van der Waals surface area (Å²) in [5.74, 6) is 1.05. The maximum atomic E-state index is 10.9. The lowest BCUT2D eigenvalue weighted by atomic mass is 10.2. The molecule has 0 aliphatic rings. The molecule has 0 amide bonds. The highest BCUT2D eigenvalue weighted by atomic mass is 16.4. The standard InChI is InChI=1S/C8H10O2.C7H8O3/c1-3-7-4-8(9)6(2)5-10-7;1-5-4-10-6(3-8)2-7(5)9/h4-5H,3H2,1-2H3;2,4,8H,3H2,1H3. The Labute approximate surface area is 116 Å². The van der Waals surface area contributed by atoms with Gasteiger partial charge in [-0.05, 0) is 13.8 Å². The van der Waals surface area contributed by atoms with Crippen LogP contribution in [0.5, 0.6) is 0 Å². The summed E-state index contributed by atoms with van der Waals surface area (Å²) in [6, 6.07) is 2.82. The molecule has 0 unspecified atom stereocenters. The summed E-state index contributed by atoms with van der Waals surface area (Å²) in [6.07, 6.45) is 3.62. The van der Waals surface area contributed by atoms with E-state index in [4.69, 9.17) is 13.9 Å². The number of aliphatic hydroxyl groups is 1. The number of rotatable bonds is 2. The van der Waals surface area contributed by atoms with E-state index in [0.29, 0.717) is 16.9 Å². The second kappa shape index (κ2) is 7.45. The number of hydrogen-bond acceptors (Lipinski definition) is 5. The zero-order chi connectivity index (χ0) is 15.1. The Morgan fingerprint density at radius 3 is 1.80 bits per heavy atom. The summed E-state index contributed by atoms with van der Waals surface area (Å²) in [4.78, 5) is 21.8. The Hall–Kier alpha value is -2.14. The molecule has 2 heterocycles. The van der Waals surface area contributed by atoms with E-state index < -0.39 is 0 Å². The summed E-state index contributed by atoms with van der Waals surface area (Å²) in [5, 5.41) is 8.52. The molecule has 0 atom stereocenters. The van der Waals surface area contributed by atoms with Crippen LogP contribution in [0.4, 0.5) is 0 Å². The van der Waals surface area contributed by atoms with Gasteiger partial charge in [0.1, 0.15) is 18.1 Å². The van der Waals surface area contributed by atoms with Crippen LogP contribution in [0.15, 0.2) is 43.1 Å². The van der Waals surface area contributed by atoms with E-state index in [9.17, 15) is 9.59 Å². The minimum absolute atomic E-state index is 0.0584. The first kappa shape index (κ1) is 15.9. The van der Waals surface area contributed by atoms with Crippen molar-refractivity contribution in [3.63, 3.8) is 0 Å². The molecule has 0 fully saturated rings.